The SMILES string of the molecule is CCCOc1c(OC)cccc1C1Nc2ccccc2NC2=C1C(=O)CC(c1ccc(OC)c(OC)c1)C2. The van der Waals surface area contributed by atoms with Gasteiger partial charge in [-0.25, -0.2) is 0 Å². The van der Waals surface area contributed by atoms with Gasteiger partial charge in [0.05, 0.1) is 45.4 Å². The number of hydrogen-bond acceptors (Lipinski definition) is 7. The Hall–Kier alpha value is -4.13. The van der Waals surface area contributed by atoms with Gasteiger partial charge < -0.3 is 29.6 Å². The Morgan fingerprint density at radius 2 is 1.61 bits per heavy atom. The van der Waals surface area contributed by atoms with Crippen molar-refractivity contribution in [1.29, 1.82) is 0 Å². The molecule has 0 radical (unpaired) electrons. The van der Waals surface area contributed by atoms with E-state index in [4.69, 9.17) is 18.9 Å². The summed E-state index contributed by atoms with van der Waals surface area (Å²) < 4.78 is 22.8. The van der Waals surface area contributed by atoms with E-state index in [1.54, 1.807) is 21.3 Å². The fourth-order valence-electron chi connectivity index (χ4n) is 5.35. The van der Waals surface area contributed by atoms with Crippen LogP contribution in [0.25, 0.3) is 0 Å². The molecule has 38 heavy (non-hydrogen) atoms. The molecular weight excluding hydrogens is 480 g/mol. The molecule has 2 N–H and O–H groups in total. The molecule has 3 aromatic carbocycles. The number of allylic oxidation sites excluding steroid dienone is 1. The molecule has 2 atom stereocenters. The van der Waals surface area contributed by atoms with Crippen LogP contribution in [-0.4, -0.2) is 33.7 Å². The number of rotatable bonds is 8. The van der Waals surface area contributed by atoms with Crippen molar-refractivity contribution >= 4 is 17.2 Å². The maximum absolute atomic E-state index is 14.0. The van der Waals surface area contributed by atoms with Crippen molar-refractivity contribution in [3.63, 3.8) is 0 Å². The lowest BCUT2D eigenvalue weighted by Crippen LogP contribution is -2.27. The number of carbonyl (C=O) groups excluding carboxylic acids is 1. The van der Waals surface area contributed by atoms with Crippen LogP contribution in [0, 0.1) is 0 Å². The Labute approximate surface area is 223 Å². The molecule has 0 amide bonds. The van der Waals surface area contributed by atoms with Gasteiger partial charge in [-0.15, -0.1) is 0 Å². The third kappa shape index (κ3) is 4.76. The first kappa shape index (κ1) is 25.5. The zero-order chi connectivity index (χ0) is 26.6. The first-order valence-corrected chi connectivity index (χ1v) is 13.0. The van der Waals surface area contributed by atoms with E-state index in [0.29, 0.717) is 42.4 Å². The molecular formula is C31H34N2O5. The molecule has 0 bridgehead atoms. The minimum Gasteiger partial charge on any atom is -0.493 e. The standard InChI is InChI=1S/C31H34N2O5/c1-5-15-38-31-21(9-8-12-27(31)36-3)30-29-24(32-22-10-6-7-11-23(22)33-30)16-20(17-25(29)34)19-13-14-26(35-2)28(18-19)37-4/h6-14,18,20,30,32-33H,5,15-17H2,1-4H3. The van der Waals surface area contributed by atoms with Crippen molar-refractivity contribution in [2.24, 2.45) is 0 Å². The average Bonchev–Trinajstić information content (AvgIpc) is 3.12. The average molecular weight is 515 g/mol. The molecule has 1 aliphatic carbocycles. The number of nitrogens with one attached hydrogen (secondary N) is 2. The Morgan fingerprint density at radius 1 is 0.842 bits per heavy atom. The minimum atomic E-state index is -0.401. The largest absolute Gasteiger partial charge is 0.493 e. The summed E-state index contributed by atoms with van der Waals surface area (Å²) in [6.07, 6.45) is 1.93. The van der Waals surface area contributed by atoms with Gasteiger partial charge in [0, 0.05) is 23.3 Å². The maximum atomic E-state index is 14.0. The zero-order valence-electron chi connectivity index (χ0n) is 22.3. The van der Waals surface area contributed by atoms with Crippen LogP contribution in [-0.2, 0) is 4.79 Å². The fourth-order valence-corrected chi connectivity index (χ4v) is 5.35. The van der Waals surface area contributed by atoms with E-state index >= 15 is 0 Å². The number of fused-ring (bicyclic) bond motifs is 1. The number of carbonyl (C=O) groups is 1. The molecule has 198 valence electrons. The normalized spacial score (nSPS) is 18.4. The molecule has 5 rings (SSSR count). The molecule has 2 unspecified atom stereocenters. The number of para-hydroxylation sites is 3. The number of anilines is 2. The summed E-state index contributed by atoms with van der Waals surface area (Å²) in [7, 11) is 4.88. The Bertz CT molecular complexity index is 1370. The van der Waals surface area contributed by atoms with E-state index in [9.17, 15) is 4.79 Å². The van der Waals surface area contributed by atoms with Gasteiger partial charge in [0.1, 0.15) is 0 Å². The summed E-state index contributed by atoms with van der Waals surface area (Å²) in [6, 6.07) is 19.4. The predicted octanol–water partition coefficient (Wildman–Crippen LogP) is 6.48. The van der Waals surface area contributed by atoms with Gasteiger partial charge in [0.2, 0.25) is 0 Å². The van der Waals surface area contributed by atoms with Gasteiger partial charge in [-0.2, -0.15) is 0 Å². The van der Waals surface area contributed by atoms with Gasteiger partial charge in [-0.1, -0.05) is 37.3 Å². The maximum Gasteiger partial charge on any atom is 0.166 e. The van der Waals surface area contributed by atoms with Crippen molar-refractivity contribution in [3.8, 4) is 23.0 Å². The summed E-state index contributed by atoms with van der Waals surface area (Å²) in [6.45, 7) is 2.62. The molecule has 1 heterocycles. The van der Waals surface area contributed by atoms with Crippen molar-refractivity contribution in [2.45, 2.75) is 38.1 Å². The molecule has 0 aromatic heterocycles. The van der Waals surface area contributed by atoms with Gasteiger partial charge in [0.15, 0.2) is 28.8 Å². The second kappa shape index (κ2) is 11.1. The molecule has 7 heteroatoms. The predicted molar refractivity (Wildman–Crippen MR) is 149 cm³/mol. The summed E-state index contributed by atoms with van der Waals surface area (Å²) in [5, 5.41) is 7.25. The summed E-state index contributed by atoms with van der Waals surface area (Å²) in [5.41, 5.74) is 5.41. The van der Waals surface area contributed by atoms with Crippen molar-refractivity contribution in [1.82, 2.24) is 0 Å². The van der Waals surface area contributed by atoms with Crippen LogP contribution >= 0.6 is 0 Å². The Kier molecular flexibility index (Phi) is 7.45. The van der Waals surface area contributed by atoms with Crippen molar-refractivity contribution in [3.05, 3.63) is 83.1 Å². The third-order valence-corrected chi connectivity index (χ3v) is 7.18. The highest BCUT2D eigenvalue weighted by Gasteiger charge is 2.37. The van der Waals surface area contributed by atoms with Crippen LogP contribution in [0.5, 0.6) is 23.0 Å². The van der Waals surface area contributed by atoms with Crippen LogP contribution in [0.15, 0.2) is 71.9 Å². The van der Waals surface area contributed by atoms with E-state index in [-0.39, 0.29) is 11.7 Å². The fraction of sp³-hybridized carbons (Fsp3) is 0.323. The van der Waals surface area contributed by atoms with Crippen molar-refractivity contribution < 1.29 is 23.7 Å². The van der Waals surface area contributed by atoms with Crippen LogP contribution in [0.4, 0.5) is 11.4 Å². The van der Waals surface area contributed by atoms with Crippen molar-refractivity contribution in [2.75, 3.05) is 38.6 Å². The van der Waals surface area contributed by atoms with Gasteiger partial charge in [0.25, 0.3) is 0 Å². The number of methoxy groups -OCH3 is 3. The van der Waals surface area contributed by atoms with E-state index in [0.717, 1.165) is 40.2 Å². The highest BCUT2D eigenvalue weighted by molar-refractivity contribution is 6.01. The lowest BCUT2D eigenvalue weighted by atomic mass is 9.78. The van der Waals surface area contributed by atoms with E-state index in [2.05, 4.69) is 17.6 Å². The quantitative estimate of drug-likeness (QED) is 0.356. The first-order valence-electron chi connectivity index (χ1n) is 13.0. The van der Waals surface area contributed by atoms with Crippen LogP contribution < -0.4 is 29.6 Å². The monoisotopic (exact) mass is 514 g/mol. The molecule has 7 nitrogen and oxygen atoms in total. The molecule has 0 fully saturated rings. The molecule has 0 saturated carbocycles. The van der Waals surface area contributed by atoms with Crippen LogP contribution in [0.1, 0.15) is 49.3 Å². The number of hydrogen-bond donors (Lipinski definition) is 2. The highest BCUT2D eigenvalue weighted by Crippen LogP contribution is 2.48. The summed E-state index contributed by atoms with van der Waals surface area (Å²) >= 11 is 0. The molecule has 3 aromatic rings. The summed E-state index contributed by atoms with van der Waals surface area (Å²) in [4.78, 5) is 14.0. The summed E-state index contributed by atoms with van der Waals surface area (Å²) in [5.74, 6) is 2.73. The van der Waals surface area contributed by atoms with E-state index < -0.39 is 6.04 Å². The lowest BCUT2D eigenvalue weighted by Gasteiger charge is -2.31. The lowest BCUT2D eigenvalue weighted by molar-refractivity contribution is -0.116. The molecule has 2 aliphatic rings. The third-order valence-electron chi connectivity index (χ3n) is 7.18. The van der Waals surface area contributed by atoms with Gasteiger partial charge in [-0.3, -0.25) is 4.79 Å². The minimum absolute atomic E-state index is 0.000546. The van der Waals surface area contributed by atoms with Crippen LogP contribution in [0.3, 0.4) is 0 Å². The second-order valence-corrected chi connectivity index (χ2v) is 9.51. The number of benzene rings is 3. The van der Waals surface area contributed by atoms with Gasteiger partial charge in [-0.05, 0) is 54.7 Å². The first-order chi connectivity index (χ1) is 18.6. The van der Waals surface area contributed by atoms with Crippen LogP contribution in [0.2, 0.25) is 0 Å². The Balaban J connectivity index is 1.61. The number of ketones is 1. The topological polar surface area (TPSA) is 78.1 Å². The number of Topliss-reactive ketones (excluding diaryl/α,β-unsaturated/α-hetero) is 1. The molecule has 0 spiro atoms. The molecule has 1 aliphatic heterocycles. The zero-order valence-corrected chi connectivity index (χ0v) is 22.3. The number of ether oxygens (including phenoxy) is 4. The highest BCUT2D eigenvalue weighted by atomic mass is 16.5. The van der Waals surface area contributed by atoms with Gasteiger partial charge >= 0.3 is 0 Å². The molecule has 0 saturated heterocycles. The second-order valence-electron chi connectivity index (χ2n) is 9.51. The Morgan fingerprint density at radius 3 is 2.34 bits per heavy atom. The van der Waals surface area contributed by atoms with E-state index in [1.807, 2.05) is 60.7 Å². The van der Waals surface area contributed by atoms with E-state index in [1.165, 1.54) is 0 Å². The smallest absolute Gasteiger partial charge is 0.166 e.